The molecule has 2 rings (SSSR count). The fraction of sp³-hybridized carbons (Fsp3) is 0.0769. The predicted molar refractivity (Wildman–Crippen MR) is 77.8 cm³/mol. The van der Waals surface area contributed by atoms with Gasteiger partial charge >= 0.3 is 0 Å². The molecule has 1 amide bonds. The van der Waals surface area contributed by atoms with Crippen molar-refractivity contribution in [1.82, 2.24) is 4.98 Å². The van der Waals surface area contributed by atoms with Crippen molar-refractivity contribution in [3.05, 3.63) is 57.9 Å². The smallest absolute Gasteiger partial charge is 0.293 e. The largest absolute Gasteiger partial charge is 0.321 e. The van der Waals surface area contributed by atoms with E-state index in [9.17, 15) is 14.9 Å². The van der Waals surface area contributed by atoms with E-state index in [1.807, 2.05) is 6.92 Å². The first-order valence-corrected chi connectivity index (χ1v) is 5.99. The monoisotopic (exact) mass is 287 g/mol. The molecule has 8 nitrogen and oxygen atoms in total. The molecule has 0 aliphatic heterocycles. The van der Waals surface area contributed by atoms with Crippen LogP contribution < -0.4 is 16.6 Å². The number of carbonyl (C=O) groups excluding carboxylic acids is 1. The number of aryl methyl sites for hydroxylation is 1. The van der Waals surface area contributed by atoms with E-state index in [0.717, 1.165) is 5.56 Å². The molecule has 0 spiro atoms. The molecule has 0 bridgehead atoms. The second kappa shape index (κ2) is 5.97. The van der Waals surface area contributed by atoms with Gasteiger partial charge in [0, 0.05) is 17.8 Å². The van der Waals surface area contributed by atoms with Gasteiger partial charge in [-0.05, 0) is 30.7 Å². The lowest BCUT2D eigenvalue weighted by molar-refractivity contribution is -0.384. The van der Waals surface area contributed by atoms with E-state index in [1.165, 1.54) is 24.4 Å². The average Bonchev–Trinajstić information content (AvgIpc) is 2.46. The van der Waals surface area contributed by atoms with Gasteiger partial charge in [0.1, 0.15) is 5.69 Å². The Bertz CT molecular complexity index is 702. The first-order chi connectivity index (χ1) is 10.0. The van der Waals surface area contributed by atoms with E-state index in [-0.39, 0.29) is 16.9 Å². The number of carbonyl (C=O) groups is 1. The van der Waals surface area contributed by atoms with E-state index in [4.69, 9.17) is 5.84 Å². The van der Waals surface area contributed by atoms with Gasteiger partial charge in [0.15, 0.2) is 0 Å². The molecule has 0 aliphatic carbocycles. The summed E-state index contributed by atoms with van der Waals surface area (Å²) in [4.78, 5) is 26.3. The summed E-state index contributed by atoms with van der Waals surface area (Å²) in [5, 5.41) is 13.5. The molecule has 4 N–H and O–H groups in total. The molecule has 1 heterocycles. The number of rotatable bonds is 4. The van der Waals surface area contributed by atoms with Gasteiger partial charge in [-0.2, -0.15) is 0 Å². The van der Waals surface area contributed by atoms with E-state index in [2.05, 4.69) is 15.7 Å². The summed E-state index contributed by atoms with van der Waals surface area (Å²) < 4.78 is 0. The van der Waals surface area contributed by atoms with Crippen molar-refractivity contribution in [2.75, 3.05) is 10.7 Å². The highest BCUT2D eigenvalue weighted by molar-refractivity contribution is 6.05. The van der Waals surface area contributed by atoms with Crippen molar-refractivity contribution in [3.8, 4) is 0 Å². The number of nitrogens with one attached hydrogen (secondary N) is 2. The lowest BCUT2D eigenvalue weighted by Gasteiger charge is -2.07. The summed E-state index contributed by atoms with van der Waals surface area (Å²) >= 11 is 0. The number of anilines is 2. The van der Waals surface area contributed by atoms with Gasteiger partial charge in [-0.25, -0.2) is 0 Å². The molecule has 2 aromatic rings. The fourth-order valence-corrected chi connectivity index (χ4v) is 1.78. The van der Waals surface area contributed by atoms with E-state index in [1.54, 1.807) is 12.3 Å². The normalized spacial score (nSPS) is 10.0. The summed E-state index contributed by atoms with van der Waals surface area (Å²) in [6.07, 6.45) is 3.18. The maximum atomic E-state index is 12.1. The third-order valence-corrected chi connectivity index (χ3v) is 2.74. The van der Waals surface area contributed by atoms with Crippen molar-refractivity contribution in [2.45, 2.75) is 6.92 Å². The Morgan fingerprint density at radius 3 is 2.71 bits per heavy atom. The zero-order chi connectivity index (χ0) is 15.4. The van der Waals surface area contributed by atoms with Gasteiger partial charge in [-0.15, -0.1) is 0 Å². The molecule has 0 saturated heterocycles. The molecule has 0 radical (unpaired) electrons. The number of nitro groups is 1. The minimum absolute atomic E-state index is 0.0648. The number of nitrogens with two attached hydrogens (primary N) is 1. The van der Waals surface area contributed by atoms with Crippen LogP contribution in [0, 0.1) is 17.0 Å². The maximum absolute atomic E-state index is 12.1. The van der Waals surface area contributed by atoms with Crippen LogP contribution in [-0.4, -0.2) is 15.8 Å². The SMILES string of the molecule is Cc1cncc(NC(=O)c2ccc([N+](=O)[O-])c(NN)c2)c1. The second-order valence-electron chi connectivity index (χ2n) is 4.34. The number of amides is 1. The quantitative estimate of drug-likeness (QED) is 0.448. The van der Waals surface area contributed by atoms with Gasteiger partial charge in [0.2, 0.25) is 0 Å². The van der Waals surface area contributed by atoms with Crippen molar-refractivity contribution in [2.24, 2.45) is 5.84 Å². The third kappa shape index (κ3) is 3.31. The molecule has 1 aromatic heterocycles. The number of nitro benzene ring substituents is 1. The Labute approximate surface area is 120 Å². The highest BCUT2D eigenvalue weighted by atomic mass is 16.6. The first-order valence-electron chi connectivity index (χ1n) is 5.99. The van der Waals surface area contributed by atoms with Crippen LogP contribution in [-0.2, 0) is 0 Å². The first kappa shape index (κ1) is 14.4. The van der Waals surface area contributed by atoms with Gasteiger partial charge < -0.3 is 10.7 Å². The number of aromatic nitrogens is 1. The van der Waals surface area contributed by atoms with Gasteiger partial charge in [0.25, 0.3) is 11.6 Å². The summed E-state index contributed by atoms with van der Waals surface area (Å²) in [7, 11) is 0. The van der Waals surface area contributed by atoms with E-state index < -0.39 is 10.8 Å². The number of benzene rings is 1. The summed E-state index contributed by atoms with van der Waals surface area (Å²) in [5.41, 5.74) is 3.76. The van der Waals surface area contributed by atoms with Gasteiger partial charge in [-0.1, -0.05) is 0 Å². The number of pyridine rings is 1. The number of hydrogen-bond acceptors (Lipinski definition) is 6. The Kier molecular flexibility index (Phi) is 4.10. The Hall–Kier alpha value is -3.00. The van der Waals surface area contributed by atoms with Crippen LogP contribution in [0.25, 0.3) is 0 Å². The van der Waals surface area contributed by atoms with Crippen molar-refractivity contribution >= 4 is 23.0 Å². The maximum Gasteiger partial charge on any atom is 0.293 e. The Morgan fingerprint density at radius 2 is 2.10 bits per heavy atom. The molecule has 0 fully saturated rings. The zero-order valence-corrected chi connectivity index (χ0v) is 11.2. The Morgan fingerprint density at radius 1 is 1.33 bits per heavy atom. The van der Waals surface area contributed by atoms with Crippen molar-refractivity contribution in [3.63, 3.8) is 0 Å². The van der Waals surface area contributed by atoms with Crippen LogP contribution in [0.2, 0.25) is 0 Å². The number of hydrazine groups is 1. The average molecular weight is 287 g/mol. The number of nitrogens with zero attached hydrogens (tertiary/aromatic N) is 2. The van der Waals surface area contributed by atoms with Crippen LogP contribution in [0.1, 0.15) is 15.9 Å². The third-order valence-electron chi connectivity index (χ3n) is 2.74. The van der Waals surface area contributed by atoms with E-state index >= 15 is 0 Å². The molecular weight excluding hydrogens is 274 g/mol. The molecule has 0 aliphatic rings. The van der Waals surface area contributed by atoms with Crippen LogP contribution in [0.5, 0.6) is 0 Å². The van der Waals surface area contributed by atoms with Crippen LogP contribution in [0.3, 0.4) is 0 Å². The highest BCUT2D eigenvalue weighted by Gasteiger charge is 2.16. The standard InChI is InChI=1S/C13H13N5O3/c1-8-4-10(7-15-6-8)16-13(19)9-2-3-12(18(20)21)11(5-9)17-14/h2-7,17H,14H2,1H3,(H,16,19). The van der Waals surface area contributed by atoms with E-state index in [0.29, 0.717) is 5.69 Å². The Balaban J connectivity index is 2.25. The molecular formula is C13H13N5O3. The molecule has 0 unspecified atom stereocenters. The summed E-state index contributed by atoms with van der Waals surface area (Å²) in [5.74, 6) is 4.83. The molecule has 0 saturated carbocycles. The lowest BCUT2D eigenvalue weighted by Crippen LogP contribution is -2.14. The molecule has 108 valence electrons. The van der Waals surface area contributed by atoms with Gasteiger partial charge in [0.05, 0.1) is 16.8 Å². The van der Waals surface area contributed by atoms with Crippen molar-refractivity contribution in [1.29, 1.82) is 0 Å². The lowest BCUT2D eigenvalue weighted by atomic mass is 10.1. The minimum atomic E-state index is -0.582. The molecule has 0 atom stereocenters. The molecule has 21 heavy (non-hydrogen) atoms. The zero-order valence-electron chi connectivity index (χ0n) is 11.2. The topological polar surface area (TPSA) is 123 Å². The van der Waals surface area contributed by atoms with Crippen LogP contribution >= 0.6 is 0 Å². The van der Waals surface area contributed by atoms with Crippen LogP contribution in [0.15, 0.2) is 36.7 Å². The number of nitrogen functional groups attached to an aromatic ring is 1. The van der Waals surface area contributed by atoms with Crippen LogP contribution in [0.4, 0.5) is 17.1 Å². The molecule has 1 aromatic carbocycles. The van der Waals surface area contributed by atoms with Crippen molar-refractivity contribution < 1.29 is 9.72 Å². The summed E-state index contributed by atoms with van der Waals surface area (Å²) in [6, 6.07) is 5.66. The molecule has 8 heteroatoms. The predicted octanol–water partition coefficient (Wildman–Crippen LogP) is 1.84. The fourth-order valence-electron chi connectivity index (χ4n) is 1.78. The van der Waals surface area contributed by atoms with Gasteiger partial charge in [-0.3, -0.25) is 25.7 Å². The highest BCUT2D eigenvalue weighted by Crippen LogP contribution is 2.24. The summed E-state index contributed by atoms with van der Waals surface area (Å²) in [6.45, 7) is 1.85. The second-order valence-corrected chi connectivity index (χ2v) is 4.34. The minimum Gasteiger partial charge on any atom is -0.321 e. The number of hydrogen-bond donors (Lipinski definition) is 3.